The Kier molecular flexibility index (Phi) is 9.08. The van der Waals surface area contributed by atoms with E-state index in [0.29, 0.717) is 0 Å². The lowest BCUT2D eigenvalue weighted by atomic mass is 10.0. The van der Waals surface area contributed by atoms with Crippen LogP contribution in [0.3, 0.4) is 0 Å². The Morgan fingerprint density at radius 3 is 1.72 bits per heavy atom. The minimum Gasteiger partial charge on any atom is -0.204 e. The van der Waals surface area contributed by atoms with Crippen molar-refractivity contribution in [1.29, 1.82) is 0 Å². The Labute approximate surface area is 215 Å². The van der Waals surface area contributed by atoms with Crippen LogP contribution in [0.1, 0.15) is 24.0 Å². The molecule has 0 radical (unpaired) electrons. The fourth-order valence-corrected chi connectivity index (χ4v) is 7.29. The monoisotopic (exact) mass is 551 g/mol. The van der Waals surface area contributed by atoms with E-state index in [1.807, 2.05) is 0 Å². The lowest BCUT2D eigenvalue weighted by Gasteiger charge is -2.25. The lowest BCUT2D eigenvalue weighted by Crippen LogP contribution is -2.36. The molecule has 0 aliphatic carbocycles. The lowest BCUT2D eigenvalue weighted by molar-refractivity contribution is 0.215. The standard InChI is InChI=1S/C26H24ClF2NO4S2/c1-20-14-16-21(17-15-20)25(26(28)29)19-22(9-8-18-27)30(35(31,32)23-10-4-2-5-11-23)36(33,34)24-12-6-3-7-13-24/h2-7,10-17,26H,8-9,18H2,1H3. The summed E-state index contributed by atoms with van der Waals surface area (Å²) in [5.74, 6) is 0.0460. The molecule has 190 valence electrons. The van der Waals surface area contributed by atoms with Gasteiger partial charge >= 0.3 is 0 Å². The molecule has 0 N–H and O–H groups in total. The average molecular weight is 552 g/mol. The molecule has 0 saturated heterocycles. The highest BCUT2D eigenvalue weighted by atomic mass is 35.5. The van der Waals surface area contributed by atoms with Gasteiger partial charge in [0, 0.05) is 5.88 Å². The first-order valence-corrected chi connectivity index (χ1v) is 14.3. The topological polar surface area (TPSA) is 71.5 Å². The molecule has 3 rings (SSSR count). The Bertz CT molecular complexity index is 1380. The minimum atomic E-state index is -4.75. The number of sulfonamides is 2. The Balaban J connectivity index is 2.41. The van der Waals surface area contributed by atoms with Crippen LogP contribution in [-0.4, -0.2) is 32.9 Å². The Morgan fingerprint density at radius 1 is 0.833 bits per heavy atom. The molecule has 0 atom stereocenters. The molecule has 0 saturated carbocycles. The van der Waals surface area contributed by atoms with Crippen molar-refractivity contribution in [2.75, 3.05) is 5.88 Å². The quantitative estimate of drug-likeness (QED) is 0.221. The molecule has 0 aliphatic rings. The molecule has 0 fully saturated rings. The first kappa shape index (κ1) is 27.6. The molecule has 0 aliphatic heterocycles. The van der Waals surface area contributed by atoms with E-state index in [-0.39, 0.29) is 37.8 Å². The molecule has 0 spiro atoms. The zero-order valence-corrected chi connectivity index (χ0v) is 21.7. The summed E-state index contributed by atoms with van der Waals surface area (Å²) in [4.78, 5) is -0.632. The highest BCUT2D eigenvalue weighted by molar-refractivity contribution is 8.04. The predicted molar refractivity (Wildman–Crippen MR) is 137 cm³/mol. The molecule has 0 aromatic heterocycles. The van der Waals surface area contributed by atoms with Crippen molar-refractivity contribution < 1.29 is 25.6 Å². The van der Waals surface area contributed by atoms with Gasteiger partial charge in [-0.2, -0.15) is 3.71 Å². The Hall–Kier alpha value is -2.97. The molecule has 3 aromatic carbocycles. The molecule has 0 heterocycles. The van der Waals surface area contributed by atoms with E-state index < -0.39 is 37.7 Å². The summed E-state index contributed by atoms with van der Waals surface area (Å²) in [6.07, 6.45) is -3.16. The van der Waals surface area contributed by atoms with Crippen LogP contribution in [0, 0.1) is 6.92 Å². The Morgan fingerprint density at radius 2 is 1.31 bits per heavy atom. The van der Waals surface area contributed by atoms with E-state index in [4.69, 9.17) is 11.6 Å². The number of hydrogen-bond acceptors (Lipinski definition) is 4. The highest BCUT2D eigenvalue weighted by Gasteiger charge is 2.38. The van der Waals surface area contributed by atoms with Gasteiger partial charge in [0.05, 0.1) is 21.1 Å². The summed E-state index contributed by atoms with van der Waals surface area (Å²) < 4.78 is 83.6. The zero-order chi connectivity index (χ0) is 26.3. The number of benzene rings is 3. The van der Waals surface area contributed by atoms with Crippen LogP contribution in [0.2, 0.25) is 0 Å². The van der Waals surface area contributed by atoms with Gasteiger partial charge in [-0.3, -0.25) is 0 Å². The van der Waals surface area contributed by atoms with Gasteiger partial charge in [0.1, 0.15) is 0 Å². The number of allylic oxidation sites excluding steroid dienone is 1. The molecule has 0 bridgehead atoms. The first-order chi connectivity index (χ1) is 17.1. The second-order valence-electron chi connectivity index (χ2n) is 7.78. The molecule has 0 amide bonds. The normalized spacial score (nSPS) is 11.7. The molecule has 5 nitrogen and oxygen atoms in total. The van der Waals surface area contributed by atoms with Crippen molar-refractivity contribution in [2.45, 2.75) is 36.0 Å². The van der Waals surface area contributed by atoms with Crippen molar-refractivity contribution >= 4 is 37.2 Å². The van der Waals surface area contributed by atoms with E-state index in [1.165, 1.54) is 60.7 Å². The summed E-state index contributed by atoms with van der Waals surface area (Å²) in [5.41, 5.74) is 2.30. The first-order valence-electron chi connectivity index (χ1n) is 10.9. The molecular formula is C26H24ClF2NO4S2. The van der Waals surface area contributed by atoms with Crippen molar-refractivity contribution in [2.24, 2.45) is 0 Å². The number of hydrogen-bond donors (Lipinski definition) is 0. The molecule has 3 aromatic rings. The molecular weight excluding hydrogens is 528 g/mol. The van der Waals surface area contributed by atoms with Gasteiger partial charge in [0.2, 0.25) is 0 Å². The van der Waals surface area contributed by atoms with Crippen LogP contribution in [0.4, 0.5) is 8.78 Å². The van der Waals surface area contributed by atoms with Crippen LogP contribution in [0.5, 0.6) is 0 Å². The molecule has 0 unspecified atom stereocenters. The van der Waals surface area contributed by atoms with E-state index in [2.05, 4.69) is 5.73 Å². The third-order valence-electron chi connectivity index (χ3n) is 5.15. The SMILES string of the molecule is Cc1ccc(C(=C=C(CCCCl)N(S(=O)(=O)c2ccccc2)S(=O)(=O)c2ccccc2)C(F)F)cc1. The number of alkyl halides is 3. The summed E-state index contributed by atoms with van der Waals surface area (Å²) in [5, 5.41) is 0. The molecule has 36 heavy (non-hydrogen) atoms. The van der Waals surface area contributed by atoms with Crippen LogP contribution in [0.15, 0.2) is 106 Å². The zero-order valence-electron chi connectivity index (χ0n) is 19.3. The summed E-state index contributed by atoms with van der Waals surface area (Å²) in [6.45, 7) is 1.79. The maximum Gasteiger partial charge on any atom is 0.277 e. The van der Waals surface area contributed by atoms with E-state index in [1.54, 1.807) is 31.2 Å². The maximum atomic E-state index is 14.2. The summed E-state index contributed by atoms with van der Waals surface area (Å²) in [7, 11) is -9.50. The van der Waals surface area contributed by atoms with Crippen LogP contribution in [-0.2, 0) is 20.0 Å². The fourth-order valence-electron chi connectivity index (χ4n) is 3.37. The van der Waals surface area contributed by atoms with E-state index in [0.717, 1.165) is 5.56 Å². The second kappa shape index (κ2) is 11.8. The van der Waals surface area contributed by atoms with Crippen molar-refractivity contribution in [3.05, 3.63) is 107 Å². The third-order valence-corrected chi connectivity index (χ3v) is 9.64. The van der Waals surface area contributed by atoms with E-state index >= 15 is 0 Å². The summed E-state index contributed by atoms with van der Waals surface area (Å²) >= 11 is 5.83. The van der Waals surface area contributed by atoms with Crippen LogP contribution < -0.4 is 0 Å². The number of aryl methyl sites for hydroxylation is 1. The van der Waals surface area contributed by atoms with Gasteiger partial charge < -0.3 is 0 Å². The fraction of sp³-hybridized carbons (Fsp3) is 0.192. The predicted octanol–water partition coefficient (Wildman–Crippen LogP) is 6.23. The number of rotatable bonds is 10. The van der Waals surface area contributed by atoms with Gasteiger partial charge in [0.15, 0.2) is 0 Å². The van der Waals surface area contributed by atoms with Crippen molar-refractivity contribution in [3.63, 3.8) is 0 Å². The van der Waals surface area contributed by atoms with Gasteiger partial charge in [-0.25, -0.2) is 25.6 Å². The van der Waals surface area contributed by atoms with E-state index in [9.17, 15) is 25.6 Å². The minimum absolute atomic E-state index is 0.0460. The van der Waals surface area contributed by atoms with Crippen molar-refractivity contribution in [1.82, 2.24) is 3.71 Å². The van der Waals surface area contributed by atoms with Crippen LogP contribution >= 0.6 is 11.6 Å². The van der Waals surface area contributed by atoms with Crippen LogP contribution in [0.25, 0.3) is 5.57 Å². The maximum absolute atomic E-state index is 14.2. The van der Waals surface area contributed by atoms with Gasteiger partial charge in [-0.15, -0.1) is 11.6 Å². The van der Waals surface area contributed by atoms with Gasteiger partial charge in [0.25, 0.3) is 26.5 Å². The number of nitrogens with zero attached hydrogens (tertiary/aromatic N) is 1. The summed E-state index contributed by atoms with van der Waals surface area (Å²) in [6, 6.07) is 20.0. The third kappa shape index (κ3) is 6.23. The van der Waals surface area contributed by atoms with Gasteiger partial charge in [-0.1, -0.05) is 72.0 Å². The number of halogens is 3. The molecule has 10 heteroatoms. The smallest absolute Gasteiger partial charge is 0.204 e. The van der Waals surface area contributed by atoms with Gasteiger partial charge in [-0.05, 0) is 49.6 Å². The average Bonchev–Trinajstić information content (AvgIpc) is 2.87. The van der Waals surface area contributed by atoms with Crippen molar-refractivity contribution in [3.8, 4) is 0 Å². The largest absolute Gasteiger partial charge is 0.277 e. The second-order valence-corrected chi connectivity index (χ2v) is 12.0. The highest BCUT2D eigenvalue weighted by Crippen LogP contribution is 2.32.